The van der Waals surface area contributed by atoms with Crippen molar-refractivity contribution >= 4 is 5.82 Å². The molecule has 0 amide bonds. The van der Waals surface area contributed by atoms with Gasteiger partial charge in [-0.25, -0.2) is 15.0 Å². The van der Waals surface area contributed by atoms with E-state index in [-0.39, 0.29) is 5.56 Å². The molecule has 112 valence electrons. The summed E-state index contributed by atoms with van der Waals surface area (Å²) in [5.74, 6) is 1.39. The van der Waals surface area contributed by atoms with Crippen molar-refractivity contribution in [2.75, 3.05) is 18.0 Å². The number of aromatic nitrogens is 6. The van der Waals surface area contributed by atoms with E-state index in [9.17, 15) is 4.79 Å². The lowest BCUT2D eigenvalue weighted by atomic mass is 10.4. The van der Waals surface area contributed by atoms with Crippen molar-refractivity contribution in [2.45, 2.75) is 12.8 Å². The van der Waals surface area contributed by atoms with Gasteiger partial charge in [-0.2, -0.15) is 4.68 Å². The lowest BCUT2D eigenvalue weighted by molar-refractivity contribution is 0.804. The molecule has 4 rings (SSSR count). The highest BCUT2D eigenvalue weighted by atomic mass is 16.1. The maximum atomic E-state index is 12.5. The van der Waals surface area contributed by atoms with Gasteiger partial charge in [0.25, 0.3) is 5.56 Å². The Hall–Kier alpha value is -2.90. The summed E-state index contributed by atoms with van der Waals surface area (Å²) in [4.78, 5) is 27.2. The maximum absolute atomic E-state index is 12.5. The average molecular weight is 297 g/mol. The zero-order chi connectivity index (χ0) is 14.9. The number of nitrogens with zero attached hydrogens (tertiary/aromatic N) is 6. The van der Waals surface area contributed by atoms with Gasteiger partial charge in [-0.05, 0) is 12.8 Å². The summed E-state index contributed by atoms with van der Waals surface area (Å²) in [6, 6.07) is 1.83. The van der Waals surface area contributed by atoms with Gasteiger partial charge < -0.3 is 4.90 Å². The van der Waals surface area contributed by atoms with Crippen LogP contribution >= 0.6 is 0 Å². The summed E-state index contributed by atoms with van der Waals surface area (Å²) >= 11 is 0. The molecule has 22 heavy (non-hydrogen) atoms. The first-order chi connectivity index (χ1) is 10.8. The fraction of sp³-hybridized carbons (Fsp3) is 0.286. The van der Waals surface area contributed by atoms with Gasteiger partial charge in [0.2, 0.25) is 0 Å². The topological polar surface area (TPSA) is 84.6 Å². The second-order valence-corrected chi connectivity index (χ2v) is 5.20. The van der Waals surface area contributed by atoms with Gasteiger partial charge in [0.15, 0.2) is 5.82 Å². The highest BCUT2D eigenvalue weighted by Crippen LogP contribution is 2.18. The fourth-order valence-corrected chi connectivity index (χ4v) is 2.70. The third-order valence-electron chi connectivity index (χ3n) is 3.83. The molecule has 3 aromatic heterocycles. The predicted octanol–water partition coefficient (Wildman–Crippen LogP) is 0.741. The zero-order valence-electron chi connectivity index (χ0n) is 11.9. The number of H-pyrrole nitrogens is 1. The molecule has 0 aromatic carbocycles. The van der Waals surface area contributed by atoms with Gasteiger partial charge in [-0.15, -0.1) is 0 Å². The molecule has 1 saturated heterocycles. The molecule has 1 N–H and O–H groups in total. The van der Waals surface area contributed by atoms with E-state index in [0.29, 0.717) is 11.5 Å². The van der Waals surface area contributed by atoms with Crippen LogP contribution in [0.3, 0.4) is 0 Å². The molecule has 0 spiro atoms. The third kappa shape index (κ3) is 2.09. The molecule has 8 nitrogen and oxygen atoms in total. The highest BCUT2D eigenvalue weighted by molar-refractivity contribution is 5.44. The highest BCUT2D eigenvalue weighted by Gasteiger charge is 2.16. The van der Waals surface area contributed by atoms with Crippen LogP contribution in [0.25, 0.3) is 11.5 Å². The van der Waals surface area contributed by atoms with Crippen LogP contribution in [0.2, 0.25) is 0 Å². The minimum absolute atomic E-state index is 0.177. The Morgan fingerprint density at radius 3 is 2.73 bits per heavy atom. The molecule has 3 aromatic rings. The summed E-state index contributed by atoms with van der Waals surface area (Å²) in [6.07, 6.45) is 10.4. The minimum Gasteiger partial charge on any atom is -0.356 e. The normalized spacial score (nSPS) is 14.6. The molecule has 0 bridgehead atoms. The molecule has 0 unspecified atom stereocenters. The molecule has 4 heterocycles. The van der Waals surface area contributed by atoms with Crippen molar-refractivity contribution in [2.24, 2.45) is 0 Å². The number of rotatable bonds is 3. The van der Waals surface area contributed by atoms with Crippen LogP contribution < -0.4 is 10.5 Å². The summed E-state index contributed by atoms with van der Waals surface area (Å²) in [5.41, 5.74) is 0.322. The van der Waals surface area contributed by atoms with E-state index in [1.807, 2.05) is 6.07 Å². The predicted molar refractivity (Wildman–Crippen MR) is 80.5 cm³/mol. The smallest absolute Gasteiger partial charge is 0.296 e. The number of aromatic amines is 1. The standard InChI is InChI=1S/C14H15N7O/c22-14-11(20-6-3-15-10-20)8-18-21(14)13-7-12(16-9-17-13)19-4-1-2-5-19/h3,6-10,18H,1-2,4-5H2. The van der Waals surface area contributed by atoms with Crippen molar-refractivity contribution in [3.8, 4) is 11.5 Å². The van der Waals surface area contributed by atoms with Gasteiger partial charge in [-0.1, -0.05) is 0 Å². The van der Waals surface area contributed by atoms with Crippen molar-refractivity contribution in [3.05, 3.63) is 47.7 Å². The number of imidazole rings is 1. The quantitative estimate of drug-likeness (QED) is 0.771. The summed E-state index contributed by atoms with van der Waals surface area (Å²) in [7, 11) is 0. The maximum Gasteiger partial charge on any atom is 0.296 e. The van der Waals surface area contributed by atoms with Crippen LogP contribution in [-0.2, 0) is 0 Å². The third-order valence-corrected chi connectivity index (χ3v) is 3.83. The first kappa shape index (κ1) is 12.8. The first-order valence-corrected chi connectivity index (χ1v) is 7.19. The Morgan fingerprint density at radius 2 is 1.95 bits per heavy atom. The number of hydrogen-bond donors (Lipinski definition) is 1. The van der Waals surface area contributed by atoms with Crippen molar-refractivity contribution in [3.63, 3.8) is 0 Å². The molecule has 1 aliphatic heterocycles. The SMILES string of the molecule is O=c1c(-n2ccnc2)c[nH]n1-c1cc(N2CCCC2)ncn1. The second kappa shape index (κ2) is 5.14. The zero-order valence-corrected chi connectivity index (χ0v) is 11.9. The Kier molecular flexibility index (Phi) is 2.99. The van der Waals surface area contributed by atoms with Gasteiger partial charge in [0.05, 0.1) is 6.33 Å². The minimum atomic E-state index is -0.177. The molecule has 0 atom stereocenters. The lowest BCUT2D eigenvalue weighted by Gasteiger charge is -2.16. The average Bonchev–Trinajstić information content (AvgIpc) is 3.29. The largest absolute Gasteiger partial charge is 0.356 e. The molecular weight excluding hydrogens is 282 g/mol. The van der Waals surface area contributed by atoms with E-state index in [4.69, 9.17) is 0 Å². The van der Waals surface area contributed by atoms with E-state index in [2.05, 4.69) is 25.0 Å². The van der Waals surface area contributed by atoms with Gasteiger partial charge in [0, 0.05) is 37.7 Å². The number of nitrogens with one attached hydrogen (secondary N) is 1. The van der Waals surface area contributed by atoms with E-state index >= 15 is 0 Å². The molecule has 1 fully saturated rings. The summed E-state index contributed by atoms with van der Waals surface area (Å²) < 4.78 is 3.08. The first-order valence-electron chi connectivity index (χ1n) is 7.19. The van der Waals surface area contributed by atoms with Gasteiger partial charge in [-0.3, -0.25) is 14.5 Å². The van der Waals surface area contributed by atoms with Crippen molar-refractivity contribution < 1.29 is 0 Å². The lowest BCUT2D eigenvalue weighted by Crippen LogP contribution is -2.22. The molecule has 0 aliphatic carbocycles. The van der Waals surface area contributed by atoms with Crippen LogP contribution in [-0.4, -0.2) is 42.4 Å². The van der Waals surface area contributed by atoms with E-state index in [1.165, 1.54) is 23.9 Å². The summed E-state index contributed by atoms with van der Waals surface area (Å²) in [6.45, 7) is 1.99. The van der Waals surface area contributed by atoms with Gasteiger partial charge >= 0.3 is 0 Å². The van der Waals surface area contributed by atoms with Crippen molar-refractivity contribution in [1.82, 2.24) is 29.3 Å². The van der Waals surface area contributed by atoms with E-state index in [0.717, 1.165) is 18.9 Å². The number of anilines is 1. The molecule has 0 radical (unpaired) electrons. The Morgan fingerprint density at radius 1 is 1.14 bits per heavy atom. The Balaban J connectivity index is 1.73. The van der Waals surface area contributed by atoms with Crippen LogP contribution in [0.1, 0.15) is 12.8 Å². The van der Waals surface area contributed by atoms with Gasteiger partial charge in [0.1, 0.15) is 17.8 Å². The van der Waals surface area contributed by atoms with E-state index in [1.54, 1.807) is 29.5 Å². The van der Waals surface area contributed by atoms with Crippen molar-refractivity contribution in [1.29, 1.82) is 0 Å². The van der Waals surface area contributed by atoms with Crippen LogP contribution in [0.15, 0.2) is 42.1 Å². The monoisotopic (exact) mass is 297 g/mol. The van der Waals surface area contributed by atoms with Crippen LogP contribution in [0, 0.1) is 0 Å². The molecule has 0 saturated carbocycles. The van der Waals surface area contributed by atoms with Crippen LogP contribution in [0.4, 0.5) is 5.82 Å². The molecular formula is C14H15N7O. The Bertz CT molecular complexity index is 827. The second-order valence-electron chi connectivity index (χ2n) is 5.20. The molecule has 8 heteroatoms. The van der Waals surface area contributed by atoms with Crippen LogP contribution in [0.5, 0.6) is 0 Å². The molecule has 1 aliphatic rings. The fourth-order valence-electron chi connectivity index (χ4n) is 2.70. The number of hydrogen-bond acceptors (Lipinski definition) is 5. The van der Waals surface area contributed by atoms with E-state index < -0.39 is 0 Å². The summed E-state index contributed by atoms with van der Waals surface area (Å²) in [5, 5.41) is 2.94. The Labute approximate surface area is 126 Å².